The van der Waals surface area contributed by atoms with Gasteiger partial charge in [0.1, 0.15) is 11.8 Å². The molecule has 1 nitrogen and oxygen atoms in total. The Morgan fingerprint density at radius 2 is 1.71 bits per heavy atom. The van der Waals surface area contributed by atoms with Gasteiger partial charge in [-0.2, -0.15) is 0 Å². The molecular formula is C19H21FO. The summed E-state index contributed by atoms with van der Waals surface area (Å²) in [6, 6.07) is 17.9. The zero-order chi connectivity index (χ0) is 14.9. The highest BCUT2D eigenvalue weighted by molar-refractivity contribution is 5.45. The molecule has 0 aromatic heterocycles. The first-order valence-corrected chi connectivity index (χ1v) is 7.60. The molecule has 2 heteroatoms. The van der Waals surface area contributed by atoms with Crippen LogP contribution >= 0.6 is 0 Å². The fourth-order valence-corrected chi connectivity index (χ4v) is 3.35. The van der Waals surface area contributed by atoms with Gasteiger partial charge < -0.3 is 4.74 Å². The van der Waals surface area contributed by atoms with Crippen molar-refractivity contribution < 1.29 is 9.13 Å². The summed E-state index contributed by atoms with van der Waals surface area (Å²) in [5.74, 6) is 0. The highest BCUT2D eigenvalue weighted by Gasteiger charge is 2.48. The first kappa shape index (κ1) is 14.3. The zero-order valence-electron chi connectivity index (χ0n) is 12.6. The molecule has 0 N–H and O–H groups in total. The largest absolute Gasteiger partial charge is 0.360 e. The van der Waals surface area contributed by atoms with Gasteiger partial charge in [0.05, 0.1) is 6.10 Å². The number of rotatable bonds is 3. The van der Waals surface area contributed by atoms with Crippen LogP contribution < -0.4 is 0 Å². The molecule has 0 radical (unpaired) electrons. The number of halogens is 1. The van der Waals surface area contributed by atoms with E-state index in [0.29, 0.717) is 6.42 Å². The summed E-state index contributed by atoms with van der Waals surface area (Å²) in [5, 5.41) is 0. The third kappa shape index (κ3) is 2.38. The van der Waals surface area contributed by atoms with Crippen LogP contribution in [0.3, 0.4) is 0 Å². The van der Waals surface area contributed by atoms with Gasteiger partial charge >= 0.3 is 0 Å². The molecular weight excluding hydrogens is 263 g/mol. The van der Waals surface area contributed by atoms with E-state index in [0.717, 1.165) is 17.5 Å². The summed E-state index contributed by atoms with van der Waals surface area (Å²) >= 11 is 0. The van der Waals surface area contributed by atoms with E-state index in [9.17, 15) is 0 Å². The molecule has 1 aliphatic rings. The minimum absolute atomic E-state index is 0.0467. The molecule has 2 aromatic carbocycles. The Hall–Kier alpha value is -1.67. The second-order valence-electron chi connectivity index (χ2n) is 5.93. The van der Waals surface area contributed by atoms with Gasteiger partial charge in [0, 0.05) is 0 Å². The smallest absolute Gasteiger partial charge is 0.150 e. The van der Waals surface area contributed by atoms with Crippen LogP contribution in [0.4, 0.5) is 4.39 Å². The molecule has 0 unspecified atom stereocenters. The minimum Gasteiger partial charge on any atom is -0.360 e. The van der Waals surface area contributed by atoms with E-state index < -0.39 is 11.8 Å². The third-order valence-corrected chi connectivity index (χ3v) is 4.15. The molecule has 0 spiro atoms. The molecule has 0 fully saturated rings. The predicted molar refractivity (Wildman–Crippen MR) is 83.1 cm³/mol. The molecule has 0 amide bonds. The van der Waals surface area contributed by atoms with Crippen LogP contribution in [0, 0.1) is 0 Å². The summed E-state index contributed by atoms with van der Waals surface area (Å²) in [6.07, 6.45) is 0.193. The van der Waals surface area contributed by atoms with Crippen LogP contribution in [0.5, 0.6) is 0 Å². The van der Waals surface area contributed by atoms with Gasteiger partial charge in [-0.3, -0.25) is 0 Å². The van der Waals surface area contributed by atoms with Gasteiger partial charge in [-0.15, -0.1) is 0 Å². The number of hydrogen-bond acceptors (Lipinski definition) is 1. The lowest BCUT2D eigenvalue weighted by atomic mass is 9.73. The summed E-state index contributed by atoms with van der Waals surface area (Å²) < 4.78 is 21.3. The van der Waals surface area contributed by atoms with E-state index in [1.165, 1.54) is 5.56 Å². The highest BCUT2D eigenvalue weighted by Crippen LogP contribution is 2.46. The van der Waals surface area contributed by atoms with Crippen LogP contribution in [-0.4, -0.2) is 12.3 Å². The van der Waals surface area contributed by atoms with E-state index in [4.69, 9.17) is 4.74 Å². The minimum atomic E-state index is -1.03. The lowest BCUT2D eigenvalue weighted by Gasteiger charge is -2.43. The lowest BCUT2D eigenvalue weighted by molar-refractivity contribution is -0.109. The van der Waals surface area contributed by atoms with Crippen LogP contribution in [0.25, 0.3) is 0 Å². The van der Waals surface area contributed by atoms with Crippen molar-refractivity contribution >= 4 is 0 Å². The van der Waals surface area contributed by atoms with Crippen molar-refractivity contribution in [1.82, 2.24) is 0 Å². The lowest BCUT2D eigenvalue weighted by Crippen LogP contribution is -2.46. The highest BCUT2D eigenvalue weighted by atomic mass is 19.1. The number of hydrogen-bond donors (Lipinski definition) is 0. The first-order valence-electron chi connectivity index (χ1n) is 7.60. The Bertz CT molecular complexity index is 608. The van der Waals surface area contributed by atoms with Crippen molar-refractivity contribution in [3.63, 3.8) is 0 Å². The molecule has 3 rings (SSSR count). The maximum atomic E-state index is 15.1. The molecule has 21 heavy (non-hydrogen) atoms. The molecule has 1 aliphatic carbocycles. The van der Waals surface area contributed by atoms with E-state index in [-0.39, 0.29) is 6.10 Å². The second-order valence-corrected chi connectivity index (χ2v) is 5.93. The summed E-state index contributed by atoms with van der Waals surface area (Å²) in [5.41, 5.74) is 2.09. The Morgan fingerprint density at radius 3 is 2.43 bits per heavy atom. The number of alkyl halides is 1. The topological polar surface area (TPSA) is 9.23 Å². The average Bonchev–Trinajstić information content (AvgIpc) is 2.51. The van der Waals surface area contributed by atoms with Crippen LogP contribution in [0.1, 0.15) is 37.0 Å². The summed E-state index contributed by atoms with van der Waals surface area (Å²) in [7, 11) is 0. The van der Waals surface area contributed by atoms with Crippen molar-refractivity contribution in [3.05, 3.63) is 71.3 Å². The van der Waals surface area contributed by atoms with Gasteiger partial charge in [-0.05, 0) is 43.4 Å². The monoisotopic (exact) mass is 284 g/mol. The van der Waals surface area contributed by atoms with Crippen molar-refractivity contribution in [2.75, 3.05) is 0 Å². The molecule has 110 valence electrons. The molecule has 0 heterocycles. The molecule has 0 bridgehead atoms. The van der Waals surface area contributed by atoms with Gasteiger partial charge in [0.2, 0.25) is 0 Å². The normalized spacial score (nSPS) is 24.9. The van der Waals surface area contributed by atoms with Crippen LogP contribution in [0.2, 0.25) is 0 Å². The first-order chi connectivity index (χ1) is 10.1. The van der Waals surface area contributed by atoms with E-state index in [1.54, 1.807) is 0 Å². The fourth-order valence-electron chi connectivity index (χ4n) is 3.35. The van der Waals surface area contributed by atoms with Crippen molar-refractivity contribution in [1.29, 1.82) is 0 Å². The molecule has 0 saturated carbocycles. The summed E-state index contributed by atoms with van der Waals surface area (Å²) in [4.78, 5) is 0. The van der Waals surface area contributed by atoms with E-state index in [1.807, 2.05) is 62.4 Å². The maximum Gasteiger partial charge on any atom is 0.150 e. The molecule has 0 aliphatic heterocycles. The van der Waals surface area contributed by atoms with Crippen LogP contribution in [-0.2, 0) is 16.8 Å². The second kappa shape index (κ2) is 5.61. The third-order valence-electron chi connectivity index (χ3n) is 4.15. The van der Waals surface area contributed by atoms with Crippen molar-refractivity contribution in [2.24, 2.45) is 0 Å². The fraction of sp³-hybridized carbons (Fsp3) is 0.368. The number of ether oxygens (including phenoxy) is 1. The average molecular weight is 284 g/mol. The Labute approximate surface area is 125 Å². The van der Waals surface area contributed by atoms with Crippen LogP contribution in [0.15, 0.2) is 54.6 Å². The van der Waals surface area contributed by atoms with E-state index in [2.05, 4.69) is 6.07 Å². The Kier molecular flexibility index (Phi) is 3.81. The van der Waals surface area contributed by atoms with Gasteiger partial charge in [-0.1, -0.05) is 54.6 Å². The quantitative estimate of drug-likeness (QED) is 0.798. The summed E-state index contributed by atoms with van der Waals surface area (Å²) in [6.45, 7) is 3.93. The van der Waals surface area contributed by atoms with E-state index >= 15 is 4.39 Å². The maximum absolute atomic E-state index is 15.1. The zero-order valence-corrected chi connectivity index (χ0v) is 12.6. The number of benzene rings is 2. The number of fused-ring (bicyclic) bond motifs is 1. The molecule has 2 atom stereocenters. The van der Waals surface area contributed by atoms with Gasteiger partial charge in [0.25, 0.3) is 0 Å². The number of aryl methyl sites for hydroxylation is 1. The van der Waals surface area contributed by atoms with Gasteiger partial charge in [-0.25, -0.2) is 4.39 Å². The van der Waals surface area contributed by atoms with Gasteiger partial charge in [0.15, 0.2) is 0 Å². The predicted octanol–water partition coefficient (Wildman–Crippen LogP) is 4.64. The Morgan fingerprint density at radius 1 is 1.05 bits per heavy atom. The van der Waals surface area contributed by atoms with Crippen molar-refractivity contribution in [2.45, 2.75) is 44.6 Å². The Balaban J connectivity index is 2.24. The molecule has 0 saturated heterocycles. The standard InChI is InChI=1S/C19H21FO/c1-14(2)21-19(16-9-4-3-5-10-16)17-11-7-6-8-15(17)12-13-18(19)20/h3-11,14,18H,12-13H2,1-2H3/t18-,19+/m0/s1. The SMILES string of the molecule is CC(C)O[C@]1(c2ccccc2)c2ccccc2CC[C@@H]1F. The molecule has 2 aromatic rings. The van der Waals surface area contributed by atoms with Crippen molar-refractivity contribution in [3.8, 4) is 0 Å².